The molecule has 2 heterocycles. The van der Waals surface area contributed by atoms with E-state index in [2.05, 4.69) is 0 Å². The molecule has 5 nitrogen and oxygen atoms in total. The number of hydrogen-bond acceptors (Lipinski definition) is 3. The Morgan fingerprint density at radius 1 is 1.05 bits per heavy atom. The van der Waals surface area contributed by atoms with Crippen LogP contribution in [0.3, 0.4) is 0 Å². The van der Waals surface area contributed by atoms with Gasteiger partial charge >= 0.3 is 5.69 Å². The van der Waals surface area contributed by atoms with Crippen molar-refractivity contribution in [1.82, 2.24) is 9.13 Å². The van der Waals surface area contributed by atoms with Crippen molar-refractivity contribution in [3.63, 3.8) is 0 Å². The van der Waals surface area contributed by atoms with Crippen LogP contribution in [-0.2, 0) is 13.1 Å². The number of aldehydes is 1. The highest BCUT2D eigenvalue weighted by atomic mass is 16.3. The molecule has 0 aliphatic heterocycles. The molecule has 0 saturated carbocycles. The molecule has 1 aromatic carbocycles. The Kier molecular flexibility index (Phi) is 3.25. The second-order valence-corrected chi connectivity index (χ2v) is 4.79. The molecule has 0 aliphatic carbocycles. The van der Waals surface area contributed by atoms with Gasteiger partial charge in [0.05, 0.1) is 11.0 Å². The van der Waals surface area contributed by atoms with Crippen molar-refractivity contribution in [3.8, 4) is 11.3 Å². The maximum atomic E-state index is 12.3. The number of benzene rings is 1. The Morgan fingerprint density at radius 2 is 1.76 bits per heavy atom. The molecule has 21 heavy (non-hydrogen) atoms. The summed E-state index contributed by atoms with van der Waals surface area (Å²) in [5, 5.41) is 0. The lowest BCUT2D eigenvalue weighted by Gasteiger charge is -2.01. The summed E-state index contributed by atoms with van der Waals surface area (Å²) in [4.78, 5) is 23.0. The molecule has 0 unspecified atom stereocenters. The molecule has 0 radical (unpaired) electrons. The molecule has 0 fully saturated rings. The summed E-state index contributed by atoms with van der Waals surface area (Å²) in [7, 11) is 0. The van der Waals surface area contributed by atoms with Crippen LogP contribution in [0.25, 0.3) is 22.4 Å². The molecule has 2 aromatic heterocycles. The van der Waals surface area contributed by atoms with Gasteiger partial charge < -0.3 is 4.42 Å². The highest BCUT2D eigenvalue weighted by Crippen LogP contribution is 2.25. The van der Waals surface area contributed by atoms with Gasteiger partial charge in [-0.15, -0.1) is 0 Å². The van der Waals surface area contributed by atoms with Gasteiger partial charge in [-0.25, -0.2) is 4.79 Å². The number of imidazole rings is 1. The topological polar surface area (TPSA) is 57.1 Å². The fourth-order valence-corrected chi connectivity index (χ4v) is 2.66. The van der Waals surface area contributed by atoms with E-state index in [-0.39, 0.29) is 5.69 Å². The molecule has 0 saturated heterocycles. The van der Waals surface area contributed by atoms with Crippen LogP contribution >= 0.6 is 0 Å². The molecule has 0 atom stereocenters. The quantitative estimate of drug-likeness (QED) is 0.692. The summed E-state index contributed by atoms with van der Waals surface area (Å²) in [6.07, 6.45) is 0.678. The lowest BCUT2D eigenvalue weighted by atomic mass is 10.1. The molecule has 0 N–H and O–H groups in total. The van der Waals surface area contributed by atoms with E-state index in [9.17, 15) is 9.59 Å². The maximum Gasteiger partial charge on any atom is 0.329 e. The van der Waals surface area contributed by atoms with Crippen LogP contribution in [0, 0.1) is 0 Å². The first kappa shape index (κ1) is 13.4. The monoisotopic (exact) mass is 284 g/mol. The number of carbonyl (C=O) groups is 1. The third-order valence-electron chi connectivity index (χ3n) is 3.68. The number of nitrogens with zero attached hydrogens (tertiary/aromatic N) is 2. The van der Waals surface area contributed by atoms with Crippen molar-refractivity contribution in [1.29, 1.82) is 0 Å². The first-order chi connectivity index (χ1) is 10.2. The molecule has 0 aliphatic rings. The molecule has 3 rings (SSSR count). The number of aryl methyl sites for hydroxylation is 2. The fraction of sp³-hybridized carbons (Fsp3) is 0.250. The predicted molar refractivity (Wildman–Crippen MR) is 80.6 cm³/mol. The maximum absolute atomic E-state index is 12.3. The minimum atomic E-state index is 0.000162. The van der Waals surface area contributed by atoms with Crippen molar-refractivity contribution in [2.24, 2.45) is 0 Å². The van der Waals surface area contributed by atoms with Gasteiger partial charge in [-0.1, -0.05) is 0 Å². The van der Waals surface area contributed by atoms with Crippen LogP contribution in [0.5, 0.6) is 0 Å². The molecular formula is C16H16N2O3. The number of aromatic nitrogens is 2. The van der Waals surface area contributed by atoms with Crippen LogP contribution in [0.1, 0.15) is 24.4 Å². The van der Waals surface area contributed by atoms with Gasteiger partial charge in [0.15, 0.2) is 12.0 Å². The summed E-state index contributed by atoms with van der Waals surface area (Å²) < 4.78 is 8.94. The smallest absolute Gasteiger partial charge is 0.329 e. The van der Waals surface area contributed by atoms with Crippen molar-refractivity contribution in [3.05, 3.63) is 46.6 Å². The number of hydrogen-bond donors (Lipinski definition) is 0. The summed E-state index contributed by atoms with van der Waals surface area (Å²) in [5.41, 5.74) is 2.65. The normalized spacial score (nSPS) is 11.1. The van der Waals surface area contributed by atoms with Crippen molar-refractivity contribution in [2.75, 3.05) is 0 Å². The van der Waals surface area contributed by atoms with Crippen molar-refractivity contribution in [2.45, 2.75) is 26.9 Å². The van der Waals surface area contributed by atoms with Gasteiger partial charge in [0.2, 0.25) is 0 Å². The highest BCUT2D eigenvalue weighted by molar-refractivity contribution is 5.82. The van der Waals surface area contributed by atoms with Crippen LogP contribution < -0.4 is 5.69 Å². The van der Waals surface area contributed by atoms with Crippen molar-refractivity contribution < 1.29 is 9.21 Å². The SMILES string of the molecule is CCn1c(=O)n(CC)c2cc(-c3ccc(C=O)o3)ccc21. The average Bonchev–Trinajstić information content (AvgIpc) is 3.08. The van der Waals surface area contributed by atoms with E-state index in [1.54, 1.807) is 21.3 Å². The van der Waals surface area contributed by atoms with Gasteiger partial charge in [-0.05, 0) is 44.2 Å². The largest absolute Gasteiger partial charge is 0.453 e. The molecule has 0 spiro atoms. The van der Waals surface area contributed by atoms with Gasteiger partial charge in [-0.2, -0.15) is 0 Å². The summed E-state index contributed by atoms with van der Waals surface area (Å²) in [6, 6.07) is 9.15. The molecule has 3 aromatic rings. The number of fused-ring (bicyclic) bond motifs is 1. The zero-order valence-electron chi connectivity index (χ0n) is 12.0. The van der Waals surface area contributed by atoms with E-state index < -0.39 is 0 Å². The minimum absolute atomic E-state index is 0.000162. The zero-order valence-corrected chi connectivity index (χ0v) is 12.0. The summed E-state index contributed by atoms with van der Waals surface area (Å²) >= 11 is 0. The lowest BCUT2D eigenvalue weighted by Crippen LogP contribution is -2.22. The van der Waals surface area contributed by atoms with Crippen LogP contribution in [-0.4, -0.2) is 15.4 Å². The van der Waals surface area contributed by atoms with Crippen molar-refractivity contribution >= 4 is 17.3 Å². The first-order valence-corrected chi connectivity index (χ1v) is 6.98. The van der Waals surface area contributed by atoms with Gasteiger partial charge in [0.25, 0.3) is 0 Å². The molecule has 108 valence electrons. The predicted octanol–water partition coefficient (Wildman–Crippen LogP) is 2.92. The average molecular weight is 284 g/mol. The second kappa shape index (κ2) is 5.09. The Balaban J connectivity index is 2.24. The molecule has 0 amide bonds. The van der Waals surface area contributed by atoms with E-state index >= 15 is 0 Å². The molecule has 0 bridgehead atoms. The zero-order chi connectivity index (χ0) is 15.0. The molecule has 5 heteroatoms. The van der Waals surface area contributed by atoms with Crippen LogP contribution in [0.15, 0.2) is 39.5 Å². The van der Waals surface area contributed by atoms with E-state index in [4.69, 9.17) is 4.42 Å². The van der Waals surface area contributed by atoms with E-state index in [1.807, 2.05) is 32.0 Å². The Hall–Kier alpha value is -2.56. The fourth-order valence-electron chi connectivity index (χ4n) is 2.66. The lowest BCUT2D eigenvalue weighted by molar-refractivity contribution is 0.110. The van der Waals surface area contributed by atoms with Crippen LogP contribution in [0.4, 0.5) is 0 Å². The minimum Gasteiger partial charge on any atom is -0.453 e. The standard InChI is InChI=1S/C16H16N2O3/c1-3-17-13-7-5-11(15-8-6-12(10-19)21-15)9-14(13)18(4-2)16(17)20/h5-10H,3-4H2,1-2H3. The van der Waals surface area contributed by atoms with E-state index in [0.717, 1.165) is 16.6 Å². The Labute approximate surface area is 121 Å². The number of furan rings is 1. The Bertz CT molecular complexity index is 867. The summed E-state index contributed by atoms with van der Waals surface area (Å²) in [5.74, 6) is 0.919. The van der Waals surface area contributed by atoms with Gasteiger partial charge in [-0.3, -0.25) is 13.9 Å². The third-order valence-corrected chi connectivity index (χ3v) is 3.68. The van der Waals surface area contributed by atoms with Gasteiger partial charge in [0.1, 0.15) is 5.76 Å². The van der Waals surface area contributed by atoms with E-state index in [1.165, 1.54) is 0 Å². The van der Waals surface area contributed by atoms with E-state index in [0.29, 0.717) is 30.9 Å². The summed E-state index contributed by atoms with van der Waals surface area (Å²) in [6.45, 7) is 5.16. The third kappa shape index (κ3) is 2.01. The molecular weight excluding hydrogens is 268 g/mol. The van der Waals surface area contributed by atoms with Crippen LogP contribution in [0.2, 0.25) is 0 Å². The number of carbonyl (C=O) groups excluding carboxylic acids is 1. The number of rotatable bonds is 4. The van der Waals surface area contributed by atoms with Gasteiger partial charge in [0, 0.05) is 18.7 Å². The second-order valence-electron chi connectivity index (χ2n) is 4.79. The highest BCUT2D eigenvalue weighted by Gasteiger charge is 2.13. The Morgan fingerprint density at radius 3 is 2.38 bits per heavy atom. The first-order valence-electron chi connectivity index (χ1n) is 6.98.